The van der Waals surface area contributed by atoms with Crippen molar-refractivity contribution < 1.29 is 14.3 Å². The molecule has 0 saturated carbocycles. The number of methoxy groups -OCH3 is 1. The first kappa shape index (κ1) is 13.4. The molecule has 0 radical (unpaired) electrons. The van der Waals surface area contributed by atoms with Gasteiger partial charge in [0.2, 0.25) is 0 Å². The lowest BCUT2D eigenvalue weighted by atomic mass is 9.76. The molecule has 0 spiro atoms. The van der Waals surface area contributed by atoms with Gasteiger partial charge >= 0.3 is 5.97 Å². The minimum atomic E-state index is -0.741. The molecule has 3 heteroatoms. The van der Waals surface area contributed by atoms with Crippen LogP contribution in [0, 0.1) is 5.92 Å². The highest BCUT2D eigenvalue weighted by Crippen LogP contribution is 2.27. The van der Waals surface area contributed by atoms with Gasteiger partial charge in [-0.3, -0.25) is 9.59 Å². The summed E-state index contributed by atoms with van der Waals surface area (Å²) in [6, 6.07) is 9.44. The average Bonchev–Trinajstić information content (AvgIpc) is 2.37. The van der Waals surface area contributed by atoms with E-state index in [4.69, 9.17) is 0 Å². The molecule has 0 saturated heterocycles. The number of hydrogen-bond acceptors (Lipinski definition) is 3. The summed E-state index contributed by atoms with van der Waals surface area (Å²) in [7, 11) is 1.29. The molecule has 0 aromatic heterocycles. The summed E-state index contributed by atoms with van der Waals surface area (Å²) in [6.45, 7) is 5.23. The Hall–Kier alpha value is -1.64. The number of Topliss-reactive ketones (excluding diaryl/α,β-unsaturated/α-hetero) is 1. The molecule has 17 heavy (non-hydrogen) atoms. The third-order valence-corrected chi connectivity index (χ3v) is 3.06. The molecule has 1 unspecified atom stereocenters. The van der Waals surface area contributed by atoms with Crippen molar-refractivity contribution >= 4 is 11.8 Å². The molecule has 1 aromatic carbocycles. The number of ketones is 1. The van der Waals surface area contributed by atoms with Gasteiger partial charge in [0.15, 0.2) is 5.78 Å². The molecule has 0 aliphatic heterocycles. The number of esters is 1. The first-order valence-corrected chi connectivity index (χ1v) is 5.59. The summed E-state index contributed by atoms with van der Waals surface area (Å²) >= 11 is 0. The molecular formula is C14H18O3. The molecule has 0 fully saturated rings. The number of rotatable bonds is 4. The van der Waals surface area contributed by atoms with Crippen LogP contribution in [0.5, 0.6) is 0 Å². The molecule has 0 N–H and O–H groups in total. The maximum atomic E-state index is 12.3. The van der Waals surface area contributed by atoms with E-state index in [0.29, 0.717) is 0 Å². The van der Waals surface area contributed by atoms with E-state index in [1.165, 1.54) is 7.11 Å². The van der Waals surface area contributed by atoms with E-state index >= 15 is 0 Å². The summed E-state index contributed by atoms with van der Waals surface area (Å²) in [6.07, 6.45) is 0. The lowest BCUT2D eigenvalue weighted by molar-refractivity contribution is -0.150. The second-order valence-corrected chi connectivity index (χ2v) is 4.60. The van der Waals surface area contributed by atoms with Gasteiger partial charge < -0.3 is 4.74 Å². The van der Waals surface area contributed by atoms with E-state index in [2.05, 4.69) is 4.74 Å². The minimum absolute atomic E-state index is 0.129. The monoisotopic (exact) mass is 234 g/mol. The van der Waals surface area contributed by atoms with Crippen molar-refractivity contribution in [2.75, 3.05) is 7.11 Å². The van der Waals surface area contributed by atoms with Gasteiger partial charge in [0.05, 0.1) is 7.11 Å². The highest BCUT2D eigenvalue weighted by Gasteiger charge is 2.36. The Kier molecular flexibility index (Phi) is 4.05. The van der Waals surface area contributed by atoms with E-state index in [0.717, 1.165) is 5.56 Å². The Morgan fingerprint density at radius 1 is 1.18 bits per heavy atom. The van der Waals surface area contributed by atoms with Gasteiger partial charge in [-0.05, 0) is 26.3 Å². The number of hydrogen-bond donors (Lipinski definition) is 0. The third kappa shape index (κ3) is 2.73. The van der Waals surface area contributed by atoms with Gasteiger partial charge in [0.25, 0.3) is 0 Å². The molecule has 0 aliphatic carbocycles. The maximum absolute atomic E-state index is 12.3. The molecule has 1 aromatic rings. The van der Waals surface area contributed by atoms with E-state index in [-0.39, 0.29) is 5.78 Å². The topological polar surface area (TPSA) is 43.4 Å². The summed E-state index contributed by atoms with van der Waals surface area (Å²) in [5, 5.41) is 0. The highest BCUT2D eigenvalue weighted by molar-refractivity contribution is 6.03. The van der Waals surface area contributed by atoms with Crippen LogP contribution in [0.3, 0.4) is 0 Å². The van der Waals surface area contributed by atoms with Crippen LogP contribution in [0.4, 0.5) is 0 Å². The maximum Gasteiger partial charge on any atom is 0.315 e. The molecule has 1 atom stereocenters. The zero-order valence-corrected chi connectivity index (χ0v) is 10.7. The molecule has 3 nitrogen and oxygen atoms in total. The number of ether oxygens (including phenoxy) is 1. The summed E-state index contributed by atoms with van der Waals surface area (Å²) in [5.41, 5.74) is 0.218. The number of carbonyl (C=O) groups is 2. The SMILES string of the molecule is COC(=O)C(C)C(=O)C(C)(C)c1ccccc1. The highest BCUT2D eigenvalue weighted by atomic mass is 16.5. The Bertz CT molecular complexity index is 407. The van der Waals surface area contributed by atoms with Gasteiger partial charge in [-0.2, -0.15) is 0 Å². The quantitative estimate of drug-likeness (QED) is 0.593. The van der Waals surface area contributed by atoms with E-state index in [9.17, 15) is 9.59 Å². The van der Waals surface area contributed by atoms with Gasteiger partial charge in [-0.15, -0.1) is 0 Å². The fraction of sp³-hybridized carbons (Fsp3) is 0.429. The van der Waals surface area contributed by atoms with Gasteiger partial charge in [-0.1, -0.05) is 30.3 Å². The van der Waals surface area contributed by atoms with Crippen LogP contribution < -0.4 is 0 Å². The molecule has 0 heterocycles. The summed E-state index contributed by atoms with van der Waals surface area (Å²) in [5.74, 6) is -1.36. The van der Waals surface area contributed by atoms with Crippen molar-refractivity contribution in [3.8, 4) is 0 Å². The summed E-state index contributed by atoms with van der Waals surface area (Å²) < 4.78 is 4.60. The van der Waals surface area contributed by atoms with Crippen molar-refractivity contribution in [2.45, 2.75) is 26.2 Å². The van der Waals surface area contributed by atoms with E-state index in [1.54, 1.807) is 6.92 Å². The van der Waals surface area contributed by atoms with Crippen molar-refractivity contribution in [1.82, 2.24) is 0 Å². The lowest BCUT2D eigenvalue weighted by Crippen LogP contribution is -2.37. The summed E-state index contributed by atoms with van der Waals surface area (Å²) in [4.78, 5) is 23.7. The molecule has 1 rings (SSSR count). The molecular weight excluding hydrogens is 216 g/mol. The fourth-order valence-corrected chi connectivity index (χ4v) is 1.82. The first-order valence-electron chi connectivity index (χ1n) is 5.59. The first-order chi connectivity index (χ1) is 7.91. The Balaban J connectivity index is 2.99. The molecule has 0 bridgehead atoms. The Morgan fingerprint density at radius 3 is 2.18 bits per heavy atom. The van der Waals surface area contributed by atoms with Crippen molar-refractivity contribution in [3.05, 3.63) is 35.9 Å². The zero-order chi connectivity index (χ0) is 13.1. The normalized spacial score (nSPS) is 12.9. The lowest BCUT2D eigenvalue weighted by Gasteiger charge is -2.26. The standard InChI is InChI=1S/C14H18O3/c1-10(13(16)17-4)12(15)14(2,3)11-8-6-5-7-9-11/h5-10H,1-4H3. The average molecular weight is 234 g/mol. The van der Waals surface area contributed by atoms with E-state index < -0.39 is 17.3 Å². The van der Waals surface area contributed by atoms with Gasteiger partial charge in [0.1, 0.15) is 5.92 Å². The van der Waals surface area contributed by atoms with Crippen molar-refractivity contribution in [2.24, 2.45) is 5.92 Å². The van der Waals surface area contributed by atoms with Crippen LogP contribution >= 0.6 is 0 Å². The smallest absolute Gasteiger partial charge is 0.315 e. The van der Waals surface area contributed by atoms with Crippen LogP contribution in [-0.2, 0) is 19.7 Å². The molecule has 0 aliphatic rings. The van der Waals surface area contributed by atoms with Crippen molar-refractivity contribution in [1.29, 1.82) is 0 Å². The van der Waals surface area contributed by atoms with E-state index in [1.807, 2.05) is 44.2 Å². The van der Waals surface area contributed by atoms with Crippen LogP contribution in [0.15, 0.2) is 30.3 Å². The Labute approximate surface area is 102 Å². The van der Waals surface area contributed by atoms with Crippen LogP contribution in [0.2, 0.25) is 0 Å². The van der Waals surface area contributed by atoms with Crippen LogP contribution in [0.25, 0.3) is 0 Å². The molecule has 0 amide bonds. The predicted molar refractivity (Wildman–Crippen MR) is 65.7 cm³/mol. The van der Waals surface area contributed by atoms with Gasteiger partial charge in [-0.25, -0.2) is 0 Å². The third-order valence-electron chi connectivity index (χ3n) is 3.06. The minimum Gasteiger partial charge on any atom is -0.468 e. The second kappa shape index (κ2) is 5.13. The number of carbonyl (C=O) groups excluding carboxylic acids is 2. The van der Waals surface area contributed by atoms with Gasteiger partial charge in [0, 0.05) is 5.41 Å². The Morgan fingerprint density at radius 2 is 1.71 bits per heavy atom. The predicted octanol–water partition coefficient (Wildman–Crippen LogP) is 2.34. The second-order valence-electron chi connectivity index (χ2n) is 4.60. The zero-order valence-electron chi connectivity index (χ0n) is 10.7. The molecule has 92 valence electrons. The largest absolute Gasteiger partial charge is 0.468 e. The van der Waals surface area contributed by atoms with Crippen LogP contribution in [0.1, 0.15) is 26.3 Å². The van der Waals surface area contributed by atoms with Crippen LogP contribution in [-0.4, -0.2) is 18.9 Å². The number of benzene rings is 1. The van der Waals surface area contributed by atoms with Crippen molar-refractivity contribution in [3.63, 3.8) is 0 Å². The fourth-order valence-electron chi connectivity index (χ4n) is 1.82.